The summed E-state index contributed by atoms with van der Waals surface area (Å²) in [4.78, 5) is 2.28. The minimum atomic E-state index is -3.55. The highest BCUT2D eigenvalue weighted by atomic mass is 35.5. The number of nitrogens with one attached hydrogen (secondary N) is 1. The number of rotatable bonds is 7. The van der Waals surface area contributed by atoms with E-state index in [0.29, 0.717) is 0 Å². The van der Waals surface area contributed by atoms with Gasteiger partial charge in [-0.25, -0.2) is 13.1 Å². The number of hydrogen-bond acceptors (Lipinski definition) is 4. The van der Waals surface area contributed by atoms with Gasteiger partial charge in [0.1, 0.15) is 0 Å². The lowest BCUT2D eigenvalue weighted by Gasteiger charge is -2.14. The zero-order valence-corrected chi connectivity index (χ0v) is 15.5. The van der Waals surface area contributed by atoms with E-state index in [2.05, 4.69) is 4.72 Å². The SMILES string of the molecule is CN(C)Cc1ccc(S(=O)(=O)NCC(N)c2ccccc2)cc1.Cl. The zero-order valence-electron chi connectivity index (χ0n) is 13.8. The van der Waals surface area contributed by atoms with Crippen molar-refractivity contribution in [2.24, 2.45) is 5.73 Å². The summed E-state index contributed by atoms with van der Waals surface area (Å²) in [7, 11) is 0.387. The minimum absolute atomic E-state index is 0. The van der Waals surface area contributed by atoms with E-state index in [1.807, 2.05) is 61.5 Å². The molecule has 2 rings (SSSR count). The first-order valence-corrected chi connectivity index (χ1v) is 8.90. The molecule has 0 aliphatic rings. The molecule has 24 heavy (non-hydrogen) atoms. The molecular formula is C17H24ClN3O2S. The minimum Gasteiger partial charge on any atom is -0.323 e. The van der Waals surface area contributed by atoms with Gasteiger partial charge in [0.25, 0.3) is 0 Å². The molecule has 0 bridgehead atoms. The number of hydrogen-bond donors (Lipinski definition) is 2. The Bertz CT molecular complexity index is 719. The molecule has 2 aromatic carbocycles. The number of benzene rings is 2. The second-order valence-electron chi connectivity index (χ2n) is 5.75. The van der Waals surface area contributed by atoms with Crippen LogP contribution in [0, 0.1) is 0 Å². The molecule has 0 heterocycles. The Balaban J connectivity index is 0.00000288. The average Bonchev–Trinajstić information content (AvgIpc) is 2.53. The molecule has 5 nitrogen and oxygen atoms in total. The summed E-state index contributed by atoms with van der Waals surface area (Å²) < 4.78 is 27.2. The Morgan fingerprint density at radius 3 is 2.17 bits per heavy atom. The van der Waals surface area contributed by atoms with Gasteiger partial charge < -0.3 is 10.6 Å². The Morgan fingerprint density at radius 2 is 1.62 bits per heavy atom. The summed E-state index contributed by atoms with van der Waals surface area (Å²) >= 11 is 0. The van der Waals surface area contributed by atoms with Crippen LogP contribution in [-0.4, -0.2) is 34.0 Å². The summed E-state index contributed by atoms with van der Waals surface area (Å²) in [6.07, 6.45) is 0. The van der Waals surface area contributed by atoms with Crippen LogP contribution in [0.5, 0.6) is 0 Å². The third-order valence-corrected chi connectivity index (χ3v) is 4.89. The first-order chi connectivity index (χ1) is 10.9. The van der Waals surface area contributed by atoms with Crippen molar-refractivity contribution >= 4 is 22.4 Å². The van der Waals surface area contributed by atoms with Gasteiger partial charge in [0.15, 0.2) is 0 Å². The molecule has 1 unspecified atom stereocenters. The molecular weight excluding hydrogens is 346 g/mol. The molecule has 0 fully saturated rings. The topological polar surface area (TPSA) is 75.4 Å². The second kappa shape index (κ2) is 9.15. The van der Waals surface area contributed by atoms with Gasteiger partial charge in [-0.05, 0) is 37.4 Å². The van der Waals surface area contributed by atoms with Gasteiger partial charge in [-0.3, -0.25) is 0 Å². The largest absolute Gasteiger partial charge is 0.323 e. The van der Waals surface area contributed by atoms with Gasteiger partial charge in [0.2, 0.25) is 10.0 Å². The maximum Gasteiger partial charge on any atom is 0.240 e. The van der Waals surface area contributed by atoms with Gasteiger partial charge in [-0.1, -0.05) is 42.5 Å². The molecule has 0 saturated heterocycles. The normalized spacial score (nSPS) is 12.7. The summed E-state index contributed by atoms with van der Waals surface area (Å²) in [6, 6.07) is 15.9. The molecule has 0 aromatic heterocycles. The number of sulfonamides is 1. The fraction of sp³-hybridized carbons (Fsp3) is 0.294. The van der Waals surface area contributed by atoms with E-state index in [9.17, 15) is 8.42 Å². The van der Waals surface area contributed by atoms with Gasteiger partial charge in [0, 0.05) is 19.1 Å². The predicted octanol–water partition coefficient (Wildman–Crippen LogP) is 2.15. The maximum atomic E-state index is 12.3. The molecule has 0 amide bonds. The summed E-state index contributed by atoms with van der Waals surface area (Å²) in [5, 5.41) is 0. The van der Waals surface area contributed by atoms with Crippen LogP contribution in [0.1, 0.15) is 17.2 Å². The van der Waals surface area contributed by atoms with Crippen LogP contribution in [0.4, 0.5) is 0 Å². The van der Waals surface area contributed by atoms with Crippen molar-refractivity contribution in [1.29, 1.82) is 0 Å². The molecule has 1 atom stereocenters. The Hall–Kier alpha value is -1.44. The highest BCUT2D eigenvalue weighted by Gasteiger charge is 2.16. The first-order valence-electron chi connectivity index (χ1n) is 7.42. The number of halogens is 1. The monoisotopic (exact) mass is 369 g/mol. The van der Waals surface area contributed by atoms with Crippen LogP contribution in [0.2, 0.25) is 0 Å². The summed E-state index contributed by atoms with van der Waals surface area (Å²) in [5.41, 5.74) is 7.99. The van der Waals surface area contributed by atoms with E-state index in [0.717, 1.165) is 17.7 Å². The first kappa shape index (κ1) is 20.6. The van der Waals surface area contributed by atoms with Crippen molar-refractivity contribution in [2.45, 2.75) is 17.5 Å². The molecule has 0 spiro atoms. The van der Waals surface area contributed by atoms with Crippen molar-refractivity contribution in [3.8, 4) is 0 Å². The third kappa shape index (κ3) is 5.89. The predicted molar refractivity (Wildman–Crippen MR) is 99.6 cm³/mol. The Kier molecular flexibility index (Phi) is 7.86. The van der Waals surface area contributed by atoms with Crippen molar-refractivity contribution < 1.29 is 8.42 Å². The van der Waals surface area contributed by atoms with E-state index in [1.54, 1.807) is 12.1 Å². The average molecular weight is 370 g/mol. The van der Waals surface area contributed by atoms with Gasteiger partial charge in [-0.15, -0.1) is 12.4 Å². The third-order valence-electron chi connectivity index (χ3n) is 3.45. The molecule has 3 N–H and O–H groups in total. The van der Waals surface area contributed by atoms with Crippen LogP contribution < -0.4 is 10.5 Å². The van der Waals surface area contributed by atoms with E-state index in [-0.39, 0.29) is 29.9 Å². The van der Waals surface area contributed by atoms with Crippen LogP contribution in [-0.2, 0) is 16.6 Å². The highest BCUT2D eigenvalue weighted by molar-refractivity contribution is 7.89. The van der Waals surface area contributed by atoms with Crippen molar-refractivity contribution in [3.63, 3.8) is 0 Å². The number of nitrogens with two attached hydrogens (primary N) is 1. The van der Waals surface area contributed by atoms with Crippen LogP contribution in [0.25, 0.3) is 0 Å². The molecule has 132 valence electrons. The quantitative estimate of drug-likeness (QED) is 0.784. The highest BCUT2D eigenvalue weighted by Crippen LogP contribution is 2.13. The van der Waals surface area contributed by atoms with Gasteiger partial charge >= 0.3 is 0 Å². The molecule has 0 radical (unpaired) electrons. The fourth-order valence-corrected chi connectivity index (χ4v) is 3.30. The summed E-state index contributed by atoms with van der Waals surface area (Å²) in [6.45, 7) is 0.929. The lowest BCUT2D eigenvalue weighted by molar-refractivity contribution is 0.402. The van der Waals surface area contributed by atoms with Crippen molar-refractivity contribution in [1.82, 2.24) is 9.62 Å². The van der Waals surface area contributed by atoms with E-state index in [1.165, 1.54) is 0 Å². The van der Waals surface area contributed by atoms with Gasteiger partial charge in [-0.2, -0.15) is 0 Å². The van der Waals surface area contributed by atoms with Crippen molar-refractivity contribution in [3.05, 3.63) is 65.7 Å². The van der Waals surface area contributed by atoms with E-state index >= 15 is 0 Å². The summed E-state index contributed by atoms with van der Waals surface area (Å²) in [5.74, 6) is 0. The van der Waals surface area contributed by atoms with Crippen LogP contribution in [0.15, 0.2) is 59.5 Å². The van der Waals surface area contributed by atoms with Crippen LogP contribution >= 0.6 is 12.4 Å². The molecule has 2 aromatic rings. The molecule has 0 aliphatic carbocycles. The van der Waals surface area contributed by atoms with E-state index < -0.39 is 10.0 Å². The number of nitrogens with zero attached hydrogens (tertiary/aromatic N) is 1. The lowest BCUT2D eigenvalue weighted by atomic mass is 10.1. The van der Waals surface area contributed by atoms with Crippen molar-refractivity contribution in [2.75, 3.05) is 20.6 Å². The standard InChI is InChI=1S/C17H23N3O2S.ClH/c1-20(2)13-14-8-10-16(11-9-14)23(21,22)19-12-17(18)15-6-4-3-5-7-15;/h3-11,17,19H,12-13,18H2,1-2H3;1H. The maximum absolute atomic E-state index is 12.3. The van der Waals surface area contributed by atoms with Gasteiger partial charge in [0.05, 0.1) is 4.90 Å². The second-order valence-corrected chi connectivity index (χ2v) is 7.52. The Labute approximate surface area is 150 Å². The lowest BCUT2D eigenvalue weighted by Crippen LogP contribution is -2.32. The molecule has 7 heteroatoms. The Morgan fingerprint density at radius 1 is 1.04 bits per heavy atom. The fourth-order valence-electron chi connectivity index (χ4n) is 2.24. The van der Waals surface area contributed by atoms with Crippen LogP contribution in [0.3, 0.4) is 0 Å². The molecule has 0 saturated carbocycles. The zero-order chi connectivity index (χ0) is 16.9. The molecule has 0 aliphatic heterocycles. The van der Waals surface area contributed by atoms with E-state index in [4.69, 9.17) is 5.73 Å². The smallest absolute Gasteiger partial charge is 0.240 e.